The van der Waals surface area contributed by atoms with Crippen LogP contribution < -0.4 is 5.32 Å². The van der Waals surface area contributed by atoms with Gasteiger partial charge < -0.3 is 10.1 Å². The van der Waals surface area contributed by atoms with Crippen LogP contribution in [0.5, 0.6) is 0 Å². The lowest BCUT2D eigenvalue weighted by Gasteiger charge is -2.23. The number of hydrogen-bond donors (Lipinski definition) is 1. The van der Waals surface area contributed by atoms with Gasteiger partial charge in [0.1, 0.15) is 5.82 Å². The van der Waals surface area contributed by atoms with Crippen LogP contribution in [0.1, 0.15) is 18.0 Å². The number of cyclic esters (lactones) is 1. The minimum atomic E-state index is -0.452. The van der Waals surface area contributed by atoms with Gasteiger partial charge in [-0.25, -0.2) is 9.18 Å². The predicted octanol–water partition coefficient (Wildman–Crippen LogP) is 2.76. The molecule has 0 radical (unpaired) electrons. The first-order valence-electron chi connectivity index (χ1n) is 4.54. The predicted molar refractivity (Wildman–Crippen MR) is 55.9 cm³/mol. The Morgan fingerprint density at radius 2 is 2.27 bits per heavy atom. The quantitative estimate of drug-likeness (QED) is 0.855. The van der Waals surface area contributed by atoms with E-state index in [9.17, 15) is 9.18 Å². The molecule has 1 fully saturated rings. The number of hydrogen-bond acceptors (Lipinski definition) is 2. The Bertz CT molecular complexity index is 377. The standard InChI is InChI=1S/C10H9BrFNO2/c11-7-3-6(4-8(12)5-7)9-1-2-15-10(14)13-9/h3-5,9H,1-2H2,(H,13,14)/t9-/m1/s1. The van der Waals surface area contributed by atoms with Gasteiger partial charge in [-0.15, -0.1) is 0 Å². The molecular formula is C10H9BrFNO2. The molecule has 0 saturated carbocycles. The summed E-state index contributed by atoms with van der Waals surface area (Å²) in [5.41, 5.74) is 0.749. The van der Waals surface area contributed by atoms with Crippen molar-refractivity contribution < 1.29 is 13.9 Å². The van der Waals surface area contributed by atoms with Crippen molar-refractivity contribution in [2.24, 2.45) is 0 Å². The van der Waals surface area contributed by atoms with Gasteiger partial charge in [-0.05, 0) is 23.8 Å². The van der Waals surface area contributed by atoms with E-state index in [0.29, 0.717) is 17.5 Å². The van der Waals surface area contributed by atoms with Gasteiger partial charge in [0.2, 0.25) is 0 Å². The Kier molecular flexibility index (Phi) is 2.90. The van der Waals surface area contributed by atoms with Gasteiger partial charge in [-0.3, -0.25) is 0 Å². The molecular weight excluding hydrogens is 265 g/mol. The van der Waals surface area contributed by atoms with E-state index in [1.807, 2.05) is 0 Å². The SMILES string of the molecule is O=C1N[C@@H](c2cc(F)cc(Br)c2)CCO1. The molecule has 1 N–H and O–H groups in total. The molecule has 15 heavy (non-hydrogen) atoms. The third kappa shape index (κ3) is 2.47. The van der Waals surface area contributed by atoms with Crippen molar-refractivity contribution >= 4 is 22.0 Å². The molecule has 2 rings (SSSR count). The molecule has 0 aromatic heterocycles. The molecule has 0 unspecified atom stereocenters. The van der Waals surface area contributed by atoms with Crippen LogP contribution in [0.15, 0.2) is 22.7 Å². The average Bonchev–Trinajstić information content (AvgIpc) is 2.16. The summed E-state index contributed by atoms with van der Waals surface area (Å²) < 4.78 is 18.5. The molecule has 1 aliphatic rings. The maximum atomic E-state index is 13.1. The monoisotopic (exact) mass is 273 g/mol. The van der Waals surface area contributed by atoms with E-state index in [2.05, 4.69) is 21.2 Å². The van der Waals surface area contributed by atoms with Crippen LogP contribution in [0, 0.1) is 5.82 Å². The fraction of sp³-hybridized carbons (Fsp3) is 0.300. The normalized spacial score (nSPS) is 20.7. The average molecular weight is 274 g/mol. The molecule has 1 heterocycles. The summed E-state index contributed by atoms with van der Waals surface area (Å²) in [6, 6.07) is 4.42. The number of nitrogens with one attached hydrogen (secondary N) is 1. The molecule has 1 amide bonds. The Hall–Kier alpha value is -1.10. The van der Waals surface area contributed by atoms with Gasteiger partial charge in [-0.1, -0.05) is 15.9 Å². The van der Waals surface area contributed by atoms with Crippen LogP contribution in [0.2, 0.25) is 0 Å². The number of halogens is 2. The second-order valence-corrected chi connectivity index (χ2v) is 4.24. The van der Waals surface area contributed by atoms with Crippen molar-refractivity contribution in [1.82, 2.24) is 5.32 Å². The van der Waals surface area contributed by atoms with Crippen molar-refractivity contribution in [1.29, 1.82) is 0 Å². The van der Waals surface area contributed by atoms with Crippen molar-refractivity contribution in [3.8, 4) is 0 Å². The number of alkyl carbamates (subject to hydrolysis) is 1. The van der Waals surface area contributed by atoms with Crippen molar-refractivity contribution in [3.05, 3.63) is 34.1 Å². The highest BCUT2D eigenvalue weighted by Crippen LogP contribution is 2.24. The number of carbonyl (C=O) groups is 1. The Morgan fingerprint density at radius 3 is 2.93 bits per heavy atom. The smallest absolute Gasteiger partial charge is 0.407 e. The molecule has 1 aromatic carbocycles. The number of benzene rings is 1. The van der Waals surface area contributed by atoms with Gasteiger partial charge in [0.15, 0.2) is 0 Å². The summed E-state index contributed by atoms with van der Waals surface area (Å²) in [4.78, 5) is 11.0. The van der Waals surface area contributed by atoms with E-state index in [0.717, 1.165) is 5.56 Å². The van der Waals surface area contributed by atoms with E-state index < -0.39 is 6.09 Å². The number of rotatable bonds is 1. The first-order chi connectivity index (χ1) is 7.15. The summed E-state index contributed by atoms with van der Waals surface area (Å²) in [5, 5.41) is 2.64. The molecule has 5 heteroatoms. The molecule has 1 saturated heterocycles. The Balaban J connectivity index is 2.24. The molecule has 1 atom stereocenters. The second kappa shape index (κ2) is 4.18. The van der Waals surface area contributed by atoms with Crippen LogP contribution in [0.25, 0.3) is 0 Å². The molecule has 80 valence electrons. The van der Waals surface area contributed by atoms with Gasteiger partial charge in [0.25, 0.3) is 0 Å². The third-order valence-electron chi connectivity index (χ3n) is 2.22. The van der Waals surface area contributed by atoms with E-state index in [1.54, 1.807) is 6.07 Å². The van der Waals surface area contributed by atoms with Crippen LogP contribution in [0.3, 0.4) is 0 Å². The van der Waals surface area contributed by atoms with Crippen LogP contribution in [-0.2, 0) is 4.74 Å². The van der Waals surface area contributed by atoms with E-state index >= 15 is 0 Å². The zero-order chi connectivity index (χ0) is 10.8. The van der Waals surface area contributed by atoms with Crippen LogP contribution >= 0.6 is 15.9 Å². The van der Waals surface area contributed by atoms with Crippen LogP contribution in [0.4, 0.5) is 9.18 Å². The van der Waals surface area contributed by atoms with Gasteiger partial charge in [0, 0.05) is 10.9 Å². The lowest BCUT2D eigenvalue weighted by atomic mass is 10.0. The number of carbonyl (C=O) groups excluding carboxylic acids is 1. The fourth-order valence-corrected chi connectivity index (χ4v) is 2.03. The lowest BCUT2D eigenvalue weighted by Crippen LogP contribution is -2.35. The maximum absolute atomic E-state index is 13.1. The topological polar surface area (TPSA) is 38.3 Å². The Labute approximate surface area is 94.7 Å². The lowest BCUT2D eigenvalue weighted by molar-refractivity contribution is 0.115. The van der Waals surface area contributed by atoms with Crippen LogP contribution in [-0.4, -0.2) is 12.7 Å². The van der Waals surface area contributed by atoms with Crippen molar-refractivity contribution in [3.63, 3.8) is 0 Å². The number of amides is 1. The zero-order valence-electron chi connectivity index (χ0n) is 7.80. The second-order valence-electron chi connectivity index (χ2n) is 3.32. The first-order valence-corrected chi connectivity index (χ1v) is 5.34. The molecule has 1 aromatic rings. The Morgan fingerprint density at radius 1 is 1.47 bits per heavy atom. The van der Waals surface area contributed by atoms with Gasteiger partial charge in [0.05, 0.1) is 12.6 Å². The summed E-state index contributed by atoms with van der Waals surface area (Å²) in [7, 11) is 0. The molecule has 1 aliphatic heterocycles. The highest BCUT2D eigenvalue weighted by Gasteiger charge is 2.21. The summed E-state index contributed by atoms with van der Waals surface area (Å²) in [6.07, 6.45) is 0.202. The number of ether oxygens (including phenoxy) is 1. The van der Waals surface area contributed by atoms with E-state index in [4.69, 9.17) is 4.74 Å². The molecule has 0 bridgehead atoms. The fourth-order valence-electron chi connectivity index (χ4n) is 1.55. The summed E-state index contributed by atoms with van der Waals surface area (Å²) in [5.74, 6) is -0.319. The minimum absolute atomic E-state index is 0.168. The van der Waals surface area contributed by atoms with E-state index in [1.165, 1.54) is 12.1 Å². The molecule has 0 aliphatic carbocycles. The largest absolute Gasteiger partial charge is 0.449 e. The third-order valence-corrected chi connectivity index (χ3v) is 2.68. The highest BCUT2D eigenvalue weighted by atomic mass is 79.9. The molecule has 0 spiro atoms. The van der Waals surface area contributed by atoms with Crippen molar-refractivity contribution in [2.75, 3.05) is 6.61 Å². The van der Waals surface area contributed by atoms with Crippen molar-refractivity contribution in [2.45, 2.75) is 12.5 Å². The first kappa shape index (κ1) is 10.4. The zero-order valence-corrected chi connectivity index (χ0v) is 9.38. The maximum Gasteiger partial charge on any atom is 0.407 e. The van der Waals surface area contributed by atoms with Gasteiger partial charge in [-0.2, -0.15) is 0 Å². The molecule has 3 nitrogen and oxygen atoms in total. The summed E-state index contributed by atoms with van der Waals surface area (Å²) >= 11 is 3.21. The minimum Gasteiger partial charge on any atom is -0.449 e. The van der Waals surface area contributed by atoms with Gasteiger partial charge >= 0.3 is 6.09 Å². The highest BCUT2D eigenvalue weighted by molar-refractivity contribution is 9.10. The van der Waals surface area contributed by atoms with E-state index in [-0.39, 0.29) is 11.9 Å². The summed E-state index contributed by atoms with van der Waals surface area (Å²) in [6.45, 7) is 0.366.